The van der Waals surface area contributed by atoms with Crippen LogP contribution < -0.4 is 5.32 Å². The molecule has 0 fully saturated rings. The van der Waals surface area contributed by atoms with Crippen LogP contribution in [0.4, 0.5) is 5.95 Å². The van der Waals surface area contributed by atoms with E-state index in [0.717, 1.165) is 5.56 Å². The molecule has 2 N–H and O–H groups in total. The number of nitrogens with zero attached hydrogens (tertiary/aromatic N) is 2. The SMILES string of the molecule is O=C(Cc1ccc(O)cc1)Nc1ncccn1. The number of anilines is 1. The van der Waals surface area contributed by atoms with E-state index in [-0.39, 0.29) is 24.0 Å². The Morgan fingerprint density at radius 3 is 2.47 bits per heavy atom. The number of phenols is 1. The average Bonchev–Trinajstić information content (AvgIpc) is 2.33. The normalized spacial score (nSPS) is 9.88. The lowest BCUT2D eigenvalue weighted by molar-refractivity contribution is -0.115. The number of amides is 1. The first kappa shape index (κ1) is 11.1. The first-order valence-electron chi connectivity index (χ1n) is 5.09. The molecule has 1 aromatic carbocycles. The van der Waals surface area contributed by atoms with Gasteiger partial charge in [0.1, 0.15) is 5.75 Å². The summed E-state index contributed by atoms with van der Waals surface area (Å²) in [6, 6.07) is 8.15. The first-order chi connectivity index (χ1) is 8.24. The molecule has 0 atom stereocenters. The van der Waals surface area contributed by atoms with Gasteiger partial charge in [-0.2, -0.15) is 0 Å². The number of carbonyl (C=O) groups excluding carboxylic acids is 1. The molecule has 5 heteroatoms. The van der Waals surface area contributed by atoms with Crippen molar-refractivity contribution in [2.45, 2.75) is 6.42 Å². The molecule has 86 valence electrons. The topological polar surface area (TPSA) is 75.1 Å². The molecule has 0 bridgehead atoms. The van der Waals surface area contributed by atoms with Crippen molar-refractivity contribution in [2.24, 2.45) is 0 Å². The van der Waals surface area contributed by atoms with Crippen LogP contribution in [0.2, 0.25) is 0 Å². The maximum Gasteiger partial charge on any atom is 0.231 e. The molecule has 2 aromatic rings. The molecule has 1 amide bonds. The van der Waals surface area contributed by atoms with Crippen LogP contribution in [-0.4, -0.2) is 21.0 Å². The van der Waals surface area contributed by atoms with Crippen molar-refractivity contribution < 1.29 is 9.90 Å². The monoisotopic (exact) mass is 229 g/mol. The molecular formula is C12H11N3O2. The van der Waals surface area contributed by atoms with Crippen LogP contribution >= 0.6 is 0 Å². The highest BCUT2D eigenvalue weighted by molar-refractivity contribution is 5.90. The van der Waals surface area contributed by atoms with Crippen LogP contribution in [0.25, 0.3) is 0 Å². The molecule has 1 aromatic heterocycles. The summed E-state index contributed by atoms with van der Waals surface area (Å²) in [6.45, 7) is 0. The van der Waals surface area contributed by atoms with Crippen molar-refractivity contribution in [3.05, 3.63) is 48.3 Å². The van der Waals surface area contributed by atoms with Crippen LogP contribution in [0.3, 0.4) is 0 Å². The van der Waals surface area contributed by atoms with Crippen LogP contribution in [0.5, 0.6) is 5.75 Å². The number of aromatic nitrogens is 2. The predicted molar refractivity (Wildman–Crippen MR) is 62.5 cm³/mol. The molecular weight excluding hydrogens is 218 g/mol. The summed E-state index contributed by atoms with van der Waals surface area (Å²) in [6.07, 6.45) is 3.34. The van der Waals surface area contributed by atoms with E-state index in [1.165, 1.54) is 0 Å². The minimum absolute atomic E-state index is 0.181. The number of benzene rings is 1. The van der Waals surface area contributed by atoms with E-state index in [1.807, 2.05) is 0 Å². The van der Waals surface area contributed by atoms with Gasteiger partial charge in [0.2, 0.25) is 11.9 Å². The molecule has 0 aliphatic heterocycles. The van der Waals surface area contributed by atoms with Crippen LogP contribution in [0.15, 0.2) is 42.7 Å². The number of hydrogen-bond acceptors (Lipinski definition) is 4. The summed E-state index contributed by atoms with van der Waals surface area (Å²) < 4.78 is 0. The predicted octanol–water partition coefficient (Wildman–Crippen LogP) is 1.36. The van der Waals surface area contributed by atoms with E-state index in [1.54, 1.807) is 42.7 Å². The second-order valence-electron chi connectivity index (χ2n) is 3.46. The average molecular weight is 229 g/mol. The molecule has 0 spiro atoms. The second kappa shape index (κ2) is 5.07. The van der Waals surface area contributed by atoms with Gasteiger partial charge in [-0.25, -0.2) is 9.97 Å². The zero-order valence-corrected chi connectivity index (χ0v) is 9.00. The van der Waals surface area contributed by atoms with E-state index in [2.05, 4.69) is 15.3 Å². The Labute approximate surface area is 98.2 Å². The number of aromatic hydroxyl groups is 1. The minimum atomic E-state index is -0.193. The van der Waals surface area contributed by atoms with Crippen molar-refractivity contribution in [1.82, 2.24) is 9.97 Å². The smallest absolute Gasteiger partial charge is 0.231 e. The summed E-state index contributed by atoms with van der Waals surface area (Å²) in [5.41, 5.74) is 0.816. The highest BCUT2D eigenvalue weighted by Crippen LogP contribution is 2.10. The number of phenolic OH excluding ortho intramolecular Hbond substituents is 1. The zero-order chi connectivity index (χ0) is 12.1. The van der Waals surface area contributed by atoms with Gasteiger partial charge in [-0.1, -0.05) is 12.1 Å². The van der Waals surface area contributed by atoms with Gasteiger partial charge in [0.15, 0.2) is 0 Å². The fourth-order valence-electron chi connectivity index (χ4n) is 1.33. The maximum atomic E-state index is 11.6. The van der Waals surface area contributed by atoms with Crippen LogP contribution in [0.1, 0.15) is 5.56 Å². The Hall–Kier alpha value is -2.43. The summed E-state index contributed by atoms with van der Waals surface area (Å²) in [5.74, 6) is 0.277. The molecule has 0 radical (unpaired) electrons. The highest BCUT2D eigenvalue weighted by Gasteiger charge is 2.05. The van der Waals surface area contributed by atoms with Gasteiger partial charge in [-0.15, -0.1) is 0 Å². The Balaban J connectivity index is 1.96. The van der Waals surface area contributed by atoms with E-state index >= 15 is 0 Å². The quantitative estimate of drug-likeness (QED) is 0.833. The largest absolute Gasteiger partial charge is 0.508 e. The van der Waals surface area contributed by atoms with Crippen molar-refractivity contribution >= 4 is 11.9 Å². The van der Waals surface area contributed by atoms with Crippen LogP contribution in [-0.2, 0) is 11.2 Å². The fourth-order valence-corrected chi connectivity index (χ4v) is 1.33. The number of rotatable bonds is 3. The molecule has 1 heterocycles. The van der Waals surface area contributed by atoms with E-state index < -0.39 is 0 Å². The number of hydrogen-bond donors (Lipinski definition) is 2. The first-order valence-corrected chi connectivity index (χ1v) is 5.09. The Morgan fingerprint density at radius 2 is 1.82 bits per heavy atom. The molecule has 2 rings (SSSR count). The lowest BCUT2D eigenvalue weighted by Crippen LogP contribution is -2.16. The minimum Gasteiger partial charge on any atom is -0.508 e. The van der Waals surface area contributed by atoms with Gasteiger partial charge < -0.3 is 5.11 Å². The van der Waals surface area contributed by atoms with Crippen molar-refractivity contribution in [3.63, 3.8) is 0 Å². The van der Waals surface area contributed by atoms with Gasteiger partial charge in [-0.05, 0) is 23.8 Å². The van der Waals surface area contributed by atoms with Gasteiger partial charge in [0.05, 0.1) is 6.42 Å². The van der Waals surface area contributed by atoms with Gasteiger partial charge in [-0.3, -0.25) is 10.1 Å². The van der Waals surface area contributed by atoms with Gasteiger partial charge in [0, 0.05) is 12.4 Å². The summed E-state index contributed by atoms with van der Waals surface area (Å²) in [7, 11) is 0. The maximum absolute atomic E-state index is 11.6. The van der Waals surface area contributed by atoms with Gasteiger partial charge >= 0.3 is 0 Å². The van der Waals surface area contributed by atoms with E-state index in [0.29, 0.717) is 0 Å². The summed E-state index contributed by atoms with van der Waals surface area (Å²) >= 11 is 0. The summed E-state index contributed by atoms with van der Waals surface area (Å²) in [5, 5.41) is 11.7. The molecule has 17 heavy (non-hydrogen) atoms. The highest BCUT2D eigenvalue weighted by atomic mass is 16.3. The molecule has 0 aliphatic rings. The fraction of sp³-hybridized carbons (Fsp3) is 0.0833. The Bertz CT molecular complexity index is 497. The third kappa shape index (κ3) is 3.27. The van der Waals surface area contributed by atoms with Crippen LogP contribution in [0, 0.1) is 0 Å². The molecule has 0 saturated carbocycles. The second-order valence-corrected chi connectivity index (χ2v) is 3.46. The van der Waals surface area contributed by atoms with Gasteiger partial charge in [0.25, 0.3) is 0 Å². The molecule has 0 saturated heterocycles. The zero-order valence-electron chi connectivity index (χ0n) is 9.00. The lowest BCUT2D eigenvalue weighted by atomic mass is 10.1. The Morgan fingerprint density at radius 1 is 1.18 bits per heavy atom. The van der Waals surface area contributed by atoms with E-state index in [4.69, 9.17) is 5.11 Å². The third-order valence-electron chi connectivity index (χ3n) is 2.12. The van der Waals surface area contributed by atoms with E-state index in [9.17, 15) is 4.79 Å². The van der Waals surface area contributed by atoms with Crippen molar-refractivity contribution in [3.8, 4) is 5.75 Å². The molecule has 0 aliphatic carbocycles. The molecule has 5 nitrogen and oxygen atoms in total. The number of carbonyl (C=O) groups is 1. The third-order valence-corrected chi connectivity index (χ3v) is 2.12. The summed E-state index contributed by atoms with van der Waals surface area (Å²) in [4.78, 5) is 19.4. The number of nitrogens with one attached hydrogen (secondary N) is 1. The van der Waals surface area contributed by atoms with Crippen molar-refractivity contribution in [1.29, 1.82) is 0 Å². The molecule has 0 unspecified atom stereocenters. The lowest BCUT2D eigenvalue weighted by Gasteiger charge is -2.03. The van der Waals surface area contributed by atoms with Crippen molar-refractivity contribution in [2.75, 3.05) is 5.32 Å². The Kier molecular flexibility index (Phi) is 3.30. The standard InChI is InChI=1S/C12H11N3O2/c16-10-4-2-9(3-5-10)8-11(17)15-12-13-6-1-7-14-12/h1-7,16H,8H2,(H,13,14,15,17).